The fourth-order valence-electron chi connectivity index (χ4n) is 8.25. The van der Waals surface area contributed by atoms with Gasteiger partial charge in [-0.2, -0.15) is 0 Å². The highest BCUT2D eigenvalue weighted by Crippen LogP contribution is 2.76. The Bertz CT molecular complexity index is 841. The van der Waals surface area contributed by atoms with Gasteiger partial charge >= 0.3 is 5.97 Å². The lowest BCUT2D eigenvalue weighted by Crippen LogP contribution is -2.86. The van der Waals surface area contributed by atoms with Crippen LogP contribution in [0.15, 0.2) is 12.2 Å². The van der Waals surface area contributed by atoms with Crippen molar-refractivity contribution in [1.29, 1.82) is 0 Å². The molecular formula is C22H30O8. The molecule has 10 atom stereocenters. The topological polar surface area (TPSA) is 134 Å². The molecule has 2 aliphatic heterocycles. The van der Waals surface area contributed by atoms with E-state index in [4.69, 9.17) is 9.47 Å². The highest BCUT2D eigenvalue weighted by molar-refractivity contribution is 6.05. The van der Waals surface area contributed by atoms with Crippen LogP contribution in [0.3, 0.4) is 0 Å². The van der Waals surface area contributed by atoms with E-state index in [1.165, 1.54) is 6.92 Å². The summed E-state index contributed by atoms with van der Waals surface area (Å²) in [5.74, 6) is -5.00. The number of aliphatic hydroxyl groups is 4. The maximum Gasteiger partial charge on any atom is 0.302 e. The van der Waals surface area contributed by atoms with E-state index in [2.05, 4.69) is 6.58 Å². The van der Waals surface area contributed by atoms with Crippen molar-refractivity contribution in [3.63, 3.8) is 0 Å². The third kappa shape index (κ3) is 1.88. The van der Waals surface area contributed by atoms with Crippen LogP contribution in [0.2, 0.25) is 0 Å². The minimum absolute atomic E-state index is 0.0255. The van der Waals surface area contributed by atoms with Gasteiger partial charge in [-0.3, -0.25) is 9.59 Å². The van der Waals surface area contributed by atoms with E-state index >= 15 is 0 Å². The smallest absolute Gasteiger partial charge is 0.302 e. The summed E-state index contributed by atoms with van der Waals surface area (Å²) in [6.07, 6.45) is -1.51. The first-order chi connectivity index (χ1) is 14.0. The van der Waals surface area contributed by atoms with E-state index in [1.54, 1.807) is 0 Å². The molecule has 0 aromatic carbocycles. The summed E-state index contributed by atoms with van der Waals surface area (Å²) in [6.45, 7) is 6.79. The molecule has 6 rings (SSSR count). The minimum Gasteiger partial charge on any atom is -0.462 e. The maximum atomic E-state index is 13.6. The Hall–Kier alpha value is -1.32. The Labute approximate surface area is 174 Å². The summed E-state index contributed by atoms with van der Waals surface area (Å²) >= 11 is 0. The first kappa shape index (κ1) is 20.6. The molecule has 6 fully saturated rings. The molecule has 4 aliphatic carbocycles. The number of fused-ring (bicyclic) bond motifs is 2. The molecule has 166 valence electrons. The Morgan fingerprint density at radius 1 is 1.27 bits per heavy atom. The molecule has 4 N–H and O–H groups in total. The molecule has 0 radical (unpaired) electrons. The zero-order valence-electron chi connectivity index (χ0n) is 17.3. The first-order valence-electron chi connectivity index (χ1n) is 10.8. The molecule has 4 bridgehead atoms. The summed E-state index contributed by atoms with van der Waals surface area (Å²) in [5.41, 5.74) is -3.29. The standard InChI is InChI=1S/C22H30O8/c1-10-12-4-5-13-20-9-29-22(28,21(13,16(10)25)17(12)26)18(27)15(20)19(3,8-23)7-6-14(20)30-11(2)24/h12-15,17-18,23,26-28H,1,4-9H2,2-3H3/t12-,13-,14-,15+,17+,18-,19+,20+,21-,22+/m0/s1. The molecule has 2 spiro atoms. The normalized spacial score (nSPS) is 56.5. The highest BCUT2D eigenvalue weighted by Gasteiger charge is 2.87. The number of hydrogen-bond acceptors (Lipinski definition) is 8. The van der Waals surface area contributed by atoms with Crippen molar-refractivity contribution in [2.75, 3.05) is 13.2 Å². The fourth-order valence-corrected chi connectivity index (χ4v) is 8.25. The zero-order valence-corrected chi connectivity index (χ0v) is 17.3. The molecular weight excluding hydrogens is 392 g/mol. The Morgan fingerprint density at radius 3 is 2.60 bits per heavy atom. The van der Waals surface area contributed by atoms with Crippen molar-refractivity contribution in [3.05, 3.63) is 12.2 Å². The SMILES string of the molecule is C=C1C(=O)[C@]23[C@H](O)[C@H]1CC[C@H]2[C@@]12CO[C@]3(O)[C@@H](O)[C@@H]1[C@@](C)(CO)CC[C@@H]2OC(C)=O. The van der Waals surface area contributed by atoms with Crippen molar-refractivity contribution in [3.8, 4) is 0 Å². The van der Waals surface area contributed by atoms with Crippen LogP contribution in [0.25, 0.3) is 0 Å². The number of rotatable bonds is 2. The predicted molar refractivity (Wildman–Crippen MR) is 102 cm³/mol. The molecule has 0 aromatic heterocycles. The Balaban J connectivity index is 1.79. The zero-order chi connectivity index (χ0) is 21.9. The summed E-state index contributed by atoms with van der Waals surface area (Å²) < 4.78 is 11.6. The summed E-state index contributed by atoms with van der Waals surface area (Å²) in [5, 5.41) is 44.9. The summed E-state index contributed by atoms with van der Waals surface area (Å²) in [6, 6.07) is 0. The van der Waals surface area contributed by atoms with Gasteiger partial charge in [-0.05, 0) is 42.6 Å². The number of hydrogen-bond donors (Lipinski definition) is 4. The van der Waals surface area contributed by atoms with E-state index in [1.807, 2.05) is 6.92 Å². The first-order valence-corrected chi connectivity index (χ1v) is 10.8. The molecule has 8 nitrogen and oxygen atoms in total. The molecule has 30 heavy (non-hydrogen) atoms. The second-order valence-electron chi connectivity index (χ2n) is 10.4. The second-order valence-corrected chi connectivity index (χ2v) is 10.4. The van der Waals surface area contributed by atoms with Crippen molar-refractivity contribution in [1.82, 2.24) is 0 Å². The third-order valence-electron chi connectivity index (χ3n) is 9.36. The van der Waals surface area contributed by atoms with E-state index < -0.39 is 69.9 Å². The number of Topliss-reactive ketones (excluding diaryl/α,β-unsaturated/α-hetero) is 1. The van der Waals surface area contributed by atoms with Gasteiger partial charge in [0.2, 0.25) is 5.79 Å². The van der Waals surface area contributed by atoms with Crippen LogP contribution in [0.1, 0.15) is 39.5 Å². The largest absolute Gasteiger partial charge is 0.462 e. The van der Waals surface area contributed by atoms with Gasteiger partial charge in [-0.15, -0.1) is 0 Å². The van der Waals surface area contributed by atoms with Gasteiger partial charge < -0.3 is 29.9 Å². The maximum absolute atomic E-state index is 13.6. The van der Waals surface area contributed by atoms with Crippen LogP contribution in [-0.4, -0.2) is 69.5 Å². The number of ether oxygens (including phenoxy) is 2. The lowest BCUT2D eigenvalue weighted by Gasteiger charge is -2.74. The average molecular weight is 422 g/mol. The van der Waals surface area contributed by atoms with Gasteiger partial charge in [-0.25, -0.2) is 0 Å². The molecule has 8 heteroatoms. The minimum atomic E-state index is -2.30. The molecule has 0 amide bonds. The number of aliphatic hydroxyl groups excluding tert-OH is 3. The summed E-state index contributed by atoms with van der Waals surface area (Å²) in [4.78, 5) is 25.5. The van der Waals surface area contributed by atoms with Crippen molar-refractivity contribution >= 4 is 11.8 Å². The molecule has 2 heterocycles. The Kier molecular flexibility index (Phi) is 4.06. The van der Waals surface area contributed by atoms with Crippen LogP contribution in [0.4, 0.5) is 0 Å². The van der Waals surface area contributed by atoms with Gasteiger partial charge in [0.1, 0.15) is 17.6 Å². The van der Waals surface area contributed by atoms with Gasteiger partial charge in [0, 0.05) is 30.8 Å². The number of esters is 1. The van der Waals surface area contributed by atoms with E-state index in [-0.39, 0.29) is 18.8 Å². The van der Waals surface area contributed by atoms with E-state index in [9.17, 15) is 30.0 Å². The van der Waals surface area contributed by atoms with Crippen molar-refractivity contribution in [2.45, 2.75) is 63.6 Å². The third-order valence-corrected chi connectivity index (χ3v) is 9.36. The number of carbonyl (C=O) groups excluding carboxylic acids is 2. The predicted octanol–water partition coefficient (Wildman–Crippen LogP) is -0.0812. The second kappa shape index (κ2) is 5.92. The van der Waals surface area contributed by atoms with Gasteiger partial charge in [-0.1, -0.05) is 13.5 Å². The molecule has 0 unspecified atom stereocenters. The van der Waals surface area contributed by atoms with Gasteiger partial charge in [0.25, 0.3) is 0 Å². The van der Waals surface area contributed by atoms with Gasteiger partial charge in [0.15, 0.2) is 5.78 Å². The van der Waals surface area contributed by atoms with Crippen LogP contribution in [0.5, 0.6) is 0 Å². The van der Waals surface area contributed by atoms with E-state index in [0.29, 0.717) is 25.7 Å². The average Bonchev–Trinajstić information content (AvgIpc) is 2.80. The fraction of sp³-hybridized carbons (Fsp3) is 0.818. The van der Waals surface area contributed by atoms with Crippen molar-refractivity contribution in [2.24, 2.45) is 34.0 Å². The van der Waals surface area contributed by atoms with Crippen molar-refractivity contribution < 1.29 is 39.5 Å². The molecule has 2 saturated heterocycles. The van der Waals surface area contributed by atoms with E-state index in [0.717, 1.165) is 0 Å². The summed E-state index contributed by atoms with van der Waals surface area (Å²) in [7, 11) is 0. The molecule has 4 saturated carbocycles. The van der Waals surface area contributed by atoms with Crippen LogP contribution in [-0.2, 0) is 19.1 Å². The lowest BCUT2D eigenvalue weighted by molar-refractivity contribution is -0.459. The quantitative estimate of drug-likeness (QED) is 0.359. The Morgan fingerprint density at radius 2 is 1.97 bits per heavy atom. The highest BCUT2D eigenvalue weighted by atomic mass is 16.6. The van der Waals surface area contributed by atoms with Gasteiger partial charge in [0.05, 0.1) is 12.7 Å². The monoisotopic (exact) mass is 422 g/mol. The van der Waals surface area contributed by atoms with Crippen LogP contribution >= 0.6 is 0 Å². The lowest BCUT2D eigenvalue weighted by atomic mass is 9.35. The van der Waals surface area contributed by atoms with Crippen LogP contribution < -0.4 is 0 Å². The number of carbonyl (C=O) groups is 2. The molecule has 0 aromatic rings. The number of ketones is 1. The molecule has 6 aliphatic rings. The van der Waals surface area contributed by atoms with Crippen LogP contribution in [0, 0.1) is 34.0 Å².